The molecular formula is C14H8FN3. The molecule has 0 spiro atoms. The fraction of sp³-hybridized carbons (Fsp3) is 0. The van der Waals surface area contributed by atoms with Crippen LogP contribution in [0.25, 0.3) is 22.2 Å². The van der Waals surface area contributed by atoms with E-state index in [1.807, 2.05) is 6.07 Å². The number of nitrogens with zero attached hydrogens (tertiary/aromatic N) is 2. The van der Waals surface area contributed by atoms with Gasteiger partial charge in [0.1, 0.15) is 17.5 Å². The molecule has 18 heavy (non-hydrogen) atoms. The molecule has 0 unspecified atom stereocenters. The molecule has 1 aromatic carbocycles. The van der Waals surface area contributed by atoms with E-state index in [9.17, 15) is 4.39 Å². The van der Waals surface area contributed by atoms with Crippen LogP contribution in [-0.4, -0.2) is 9.97 Å². The molecule has 0 saturated heterocycles. The number of pyridine rings is 1. The summed E-state index contributed by atoms with van der Waals surface area (Å²) in [5, 5.41) is 9.63. The second-order valence-corrected chi connectivity index (χ2v) is 3.91. The Morgan fingerprint density at radius 2 is 2.06 bits per heavy atom. The van der Waals surface area contributed by atoms with Crippen molar-refractivity contribution >= 4 is 11.0 Å². The SMILES string of the molecule is N#Cc1cnc2[nH]cc(-c3ccccc3F)c2c1. The minimum atomic E-state index is -0.291. The molecule has 0 aliphatic heterocycles. The molecular weight excluding hydrogens is 229 g/mol. The van der Waals surface area contributed by atoms with Crippen molar-refractivity contribution in [2.24, 2.45) is 0 Å². The summed E-state index contributed by atoms with van der Waals surface area (Å²) in [4.78, 5) is 7.11. The van der Waals surface area contributed by atoms with Gasteiger partial charge in [0, 0.05) is 28.9 Å². The first-order valence-corrected chi connectivity index (χ1v) is 5.42. The second kappa shape index (κ2) is 3.97. The Hall–Kier alpha value is -2.67. The highest BCUT2D eigenvalue weighted by Crippen LogP contribution is 2.29. The van der Waals surface area contributed by atoms with E-state index < -0.39 is 0 Å². The first kappa shape index (κ1) is 10.5. The Bertz CT molecular complexity index is 768. The van der Waals surface area contributed by atoms with Gasteiger partial charge in [-0.1, -0.05) is 18.2 Å². The van der Waals surface area contributed by atoms with Crippen LogP contribution in [0.15, 0.2) is 42.7 Å². The first-order valence-electron chi connectivity index (χ1n) is 5.42. The van der Waals surface area contributed by atoms with Crippen molar-refractivity contribution in [2.75, 3.05) is 0 Å². The fourth-order valence-electron chi connectivity index (χ4n) is 1.97. The molecule has 3 rings (SSSR count). The molecule has 0 amide bonds. The van der Waals surface area contributed by atoms with Gasteiger partial charge in [0.15, 0.2) is 0 Å². The number of H-pyrrole nitrogens is 1. The molecule has 0 aliphatic rings. The molecule has 0 atom stereocenters. The summed E-state index contributed by atoms with van der Waals surface area (Å²) in [7, 11) is 0. The topological polar surface area (TPSA) is 52.5 Å². The number of nitrogens with one attached hydrogen (secondary N) is 1. The van der Waals surface area contributed by atoms with E-state index in [0.29, 0.717) is 22.3 Å². The minimum Gasteiger partial charge on any atom is -0.346 e. The molecule has 1 N–H and O–H groups in total. The number of aromatic nitrogens is 2. The quantitative estimate of drug-likeness (QED) is 0.706. The monoisotopic (exact) mass is 237 g/mol. The first-order chi connectivity index (χ1) is 8.79. The molecule has 86 valence electrons. The van der Waals surface area contributed by atoms with Crippen LogP contribution < -0.4 is 0 Å². The Morgan fingerprint density at radius 1 is 1.22 bits per heavy atom. The van der Waals surface area contributed by atoms with Crippen molar-refractivity contribution in [1.82, 2.24) is 9.97 Å². The highest BCUT2D eigenvalue weighted by atomic mass is 19.1. The van der Waals surface area contributed by atoms with Crippen molar-refractivity contribution in [2.45, 2.75) is 0 Å². The largest absolute Gasteiger partial charge is 0.346 e. The van der Waals surface area contributed by atoms with E-state index in [4.69, 9.17) is 5.26 Å². The van der Waals surface area contributed by atoms with E-state index in [0.717, 1.165) is 5.39 Å². The van der Waals surface area contributed by atoms with Gasteiger partial charge in [0.05, 0.1) is 5.56 Å². The highest BCUT2D eigenvalue weighted by molar-refractivity contribution is 5.94. The van der Waals surface area contributed by atoms with Crippen LogP contribution in [-0.2, 0) is 0 Å². The van der Waals surface area contributed by atoms with Gasteiger partial charge in [0.25, 0.3) is 0 Å². The van der Waals surface area contributed by atoms with E-state index >= 15 is 0 Å². The number of aromatic amines is 1. The van der Waals surface area contributed by atoms with Gasteiger partial charge in [-0.05, 0) is 12.1 Å². The molecule has 0 aliphatic carbocycles. The third-order valence-electron chi connectivity index (χ3n) is 2.82. The zero-order valence-corrected chi connectivity index (χ0v) is 9.31. The van der Waals surface area contributed by atoms with Gasteiger partial charge in [-0.25, -0.2) is 9.37 Å². The average molecular weight is 237 g/mol. The average Bonchev–Trinajstić information content (AvgIpc) is 2.82. The zero-order chi connectivity index (χ0) is 12.5. The maximum Gasteiger partial charge on any atom is 0.137 e. The number of rotatable bonds is 1. The lowest BCUT2D eigenvalue weighted by molar-refractivity contribution is 0.631. The molecule has 2 aromatic heterocycles. The maximum atomic E-state index is 13.8. The standard InChI is InChI=1S/C14H8FN3/c15-13-4-2-1-3-10(13)12-8-18-14-11(12)5-9(6-16)7-17-14/h1-5,7-8H,(H,17,18). The van der Waals surface area contributed by atoms with Gasteiger partial charge in [0.2, 0.25) is 0 Å². The summed E-state index contributed by atoms with van der Waals surface area (Å²) in [5.74, 6) is -0.291. The highest BCUT2D eigenvalue weighted by Gasteiger charge is 2.11. The number of hydrogen-bond acceptors (Lipinski definition) is 2. The van der Waals surface area contributed by atoms with Gasteiger partial charge >= 0.3 is 0 Å². The summed E-state index contributed by atoms with van der Waals surface area (Å²) in [6.07, 6.45) is 3.20. The predicted octanol–water partition coefficient (Wildman–Crippen LogP) is 3.24. The van der Waals surface area contributed by atoms with Gasteiger partial charge in [-0.2, -0.15) is 5.26 Å². The van der Waals surface area contributed by atoms with Crippen molar-refractivity contribution in [3.05, 3.63) is 54.1 Å². The summed E-state index contributed by atoms with van der Waals surface area (Å²) in [5.41, 5.74) is 2.32. The van der Waals surface area contributed by atoms with Crippen molar-refractivity contribution < 1.29 is 4.39 Å². The van der Waals surface area contributed by atoms with Gasteiger partial charge in [-0.3, -0.25) is 0 Å². The van der Waals surface area contributed by atoms with E-state index in [2.05, 4.69) is 9.97 Å². The van der Waals surface area contributed by atoms with Crippen molar-refractivity contribution in [1.29, 1.82) is 5.26 Å². The summed E-state index contributed by atoms with van der Waals surface area (Å²) >= 11 is 0. The van der Waals surface area contributed by atoms with E-state index in [1.54, 1.807) is 30.5 Å². The number of fused-ring (bicyclic) bond motifs is 1. The number of benzene rings is 1. The maximum absolute atomic E-state index is 13.8. The molecule has 0 fully saturated rings. The molecule has 0 saturated carbocycles. The van der Waals surface area contributed by atoms with Crippen LogP contribution in [0.3, 0.4) is 0 Å². The normalized spacial score (nSPS) is 10.4. The van der Waals surface area contributed by atoms with Crippen molar-refractivity contribution in [3.8, 4) is 17.2 Å². The molecule has 0 radical (unpaired) electrons. The third-order valence-corrected chi connectivity index (χ3v) is 2.82. The molecule has 3 aromatic rings. The minimum absolute atomic E-state index is 0.291. The van der Waals surface area contributed by atoms with Crippen LogP contribution >= 0.6 is 0 Å². The molecule has 0 bridgehead atoms. The molecule has 3 nitrogen and oxygen atoms in total. The summed E-state index contributed by atoms with van der Waals surface area (Å²) in [6, 6.07) is 10.3. The Balaban J connectivity index is 2.31. The number of hydrogen-bond donors (Lipinski definition) is 1. The lowest BCUT2D eigenvalue weighted by Crippen LogP contribution is -1.83. The fourth-order valence-corrected chi connectivity index (χ4v) is 1.97. The summed E-state index contributed by atoms with van der Waals surface area (Å²) < 4.78 is 13.8. The zero-order valence-electron chi connectivity index (χ0n) is 9.31. The van der Waals surface area contributed by atoms with Crippen LogP contribution in [0, 0.1) is 17.1 Å². The van der Waals surface area contributed by atoms with Gasteiger partial charge < -0.3 is 4.98 Å². The predicted molar refractivity (Wildman–Crippen MR) is 66.2 cm³/mol. The number of nitriles is 1. The Kier molecular flexibility index (Phi) is 2.31. The van der Waals surface area contributed by atoms with Crippen LogP contribution in [0.2, 0.25) is 0 Å². The van der Waals surface area contributed by atoms with E-state index in [1.165, 1.54) is 12.3 Å². The Morgan fingerprint density at radius 3 is 2.83 bits per heavy atom. The second-order valence-electron chi connectivity index (χ2n) is 3.91. The molecule has 2 heterocycles. The van der Waals surface area contributed by atoms with Crippen molar-refractivity contribution in [3.63, 3.8) is 0 Å². The Labute approximate surface area is 103 Å². The van der Waals surface area contributed by atoms with Gasteiger partial charge in [-0.15, -0.1) is 0 Å². The lowest BCUT2D eigenvalue weighted by Gasteiger charge is -2.01. The molecule has 4 heteroatoms. The van der Waals surface area contributed by atoms with E-state index in [-0.39, 0.29) is 5.82 Å². The lowest BCUT2D eigenvalue weighted by atomic mass is 10.0. The third kappa shape index (κ3) is 1.54. The van der Waals surface area contributed by atoms with Crippen LogP contribution in [0.4, 0.5) is 4.39 Å². The number of halogens is 1. The van der Waals surface area contributed by atoms with Crippen LogP contribution in [0.1, 0.15) is 5.56 Å². The van der Waals surface area contributed by atoms with Crippen LogP contribution in [0.5, 0.6) is 0 Å². The smallest absolute Gasteiger partial charge is 0.137 e. The summed E-state index contributed by atoms with van der Waals surface area (Å²) in [6.45, 7) is 0.